The van der Waals surface area contributed by atoms with Crippen LogP contribution < -0.4 is 5.32 Å². The topological polar surface area (TPSA) is 59.1 Å². The van der Waals surface area contributed by atoms with Gasteiger partial charge in [-0.1, -0.05) is 42.6 Å². The number of unbranched alkanes of at least 4 members (excludes halogenated alkanes) is 1. The predicted molar refractivity (Wildman–Crippen MR) is 95.8 cm³/mol. The first kappa shape index (κ1) is 18.4. The Hall–Kier alpha value is -1.91. The lowest BCUT2D eigenvalue weighted by Gasteiger charge is -2.16. The number of nitrogens with one attached hydrogen (secondary N) is 1. The molecule has 0 bridgehead atoms. The monoisotopic (exact) mass is 364 g/mol. The Bertz CT molecular complexity index is 735. The second-order valence-corrected chi connectivity index (χ2v) is 6.17. The van der Waals surface area contributed by atoms with Gasteiger partial charge in [-0.25, -0.2) is 0 Å². The Morgan fingerprint density at radius 1 is 1.33 bits per heavy atom. The number of rotatable bonds is 7. The van der Waals surface area contributed by atoms with Crippen LogP contribution in [0.15, 0.2) is 36.5 Å². The Balaban J connectivity index is 2.38. The fraction of sp³-hybridized carbons (Fsp3) is 0.278. The predicted octanol–water partition coefficient (Wildman–Crippen LogP) is 4.25. The largest absolute Gasteiger partial charge is 0.352 e. The SMILES string of the molecule is CCCCNC(=O)c1cccnc1C(C=O)c1ccc(Cl)cc1Cl. The average molecular weight is 365 g/mol. The third-order valence-corrected chi connectivity index (χ3v) is 4.19. The Morgan fingerprint density at radius 2 is 2.12 bits per heavy atom. The molecule has 0 aliphatic rings. The Morgan fingerprint density at radius 3 is 2.79 bits per heavy atom. The van der Waals surface area contributed by atoms with Crippen molar-refractivity contribution in [2.24, 2.45) is 0 Å². The van der Waals surface area contributed by atoms with Crippen molar-refractivity contribution >= 4 is 35.4 Å². The van der Waals surface area contributed by atoms with Gasteiger partial charge in [-0.2, -0.15) is 0 Å². The van der Waals surface area contributed by atoms with Crippen LogP contribution in [-0.2, 0) is 4.79 Å². The fourth-order valence-corrected chi connectivity index (χ4v) is 2.90. The van der Waals surface area contributed by atoms with Gasteiger partial charge >= 0.3 is 0 Å². The van der Waals surface area contributed by atoms with Crippen molar-refractivity contribution in [3.8, 4) is 0 Å². The molecule has 1 amide bonds. The number of hydrogen-bond acceptors (Lipinski definition) is 3. The molecule has 0 fully saturated rings. The standard InChI is InChI=1S/C18H18Cl2N2O2/c1-2-3-8-22-18(24)14-5-4-9-21-17(14)15(11-23)13-7-6-12(19)10-16(13)20/h4-7,9-11,15H,2-3,8H2,1H3,(H,22,24). The maximum Gasteiger partial charge on any atom is 0.253 e. The van der Waals surface area contributed by atoms with Crippen molar-refractivity contribution in [1.29, 1.82) is 0 Å². The van der Waals surface area contributed by atoms with Crippen molar-refractivity contribution in [1.82, 2.24) is 10.3 Å². The first-order valence-electron chi connectivity index (χ1n) is 7.71. The van der Waals surface area contributed by atoms with E-state index in [0.717, 1.165) is 19.1 Å². The number of aromatic nitrogens is 1. The van der Waals surface area contributed by atoms with Gasteiger partial charge in [0, 0.05) is 22.8 Å². The summed E-state index contributed by atoms with van der Waals surface area (Å²) in [5.74, 6) is -0.980. The lowest BCUT2D eigenvalue weighted by atomic mass is 9.93. The second-order valence-electron chi connectivity index (χ2n) is 5.33. The first-order chi connectivity index (χ1) is 11.6. The lowest BCUT2D eigenvalue weighted by molar-refractivity contribution is -0.108. The van der Waals surface area contributed by atoms with E-state index < -0.39 is 5.92 Å². The minimum absolute atomic E-state index is 0.247. The van der Waals surface area contributed by atoms with Crippen molar-refractivity contribution < 1.29 is 9.59 Å². The molecule has 1 N–H and O–H groups in total. The molecule has 0 radical (unpaired) electrons. The highest BCUT2D eigenvalue weighted by Gasteiger charge is 2.23. The van der Waals surface area contributed by atoms with Crippen LogP contribution in [0.25, 0.3) is 0 Å². The van der Waals surface area contributed by atoms with E-state index in [-0.39, 0.29) is 5.91 Å². The number of carbonyl (C=O) groups excluding carboxylic acids is 2. The summed E-state index contributed by atoms with van der Waals surface area (Å²) < 4.78 is 0. The van der Waals surface area contributed by atoms with Crippen LogP contribution in [-0.4, -0.2) is 23.7 Å². The molecule has 24 heavy (non-hydrogen) atoms. The average Bonchev–Trinajstić information content (AvgIpc) is 2.58. The Kier molecular flexibility index (Phi) is 6.76. The first-order valence-corrected chi connectivity index (χ1v) is 8.47. The van der Waals surface area contributed by atoms with Gasteiger partial charge in [-0.15, -0.1) is 0 Å². The molecule has 1 atom stereocenters. The van der Waals surface area contributed by atoms with E-state index in [4.69, 9.17) is 23.2 Å². The van der Waals surface area contributed by atoms with Crippen molar-refractivity contribution in [3.63, 3.8) is 0 Å². The molecule has 1 aromatic heterocycles. The second kappa shape index (κ2) is 8.81. The molecule has 126 valence electrons. The highest BCUT2D eigenvalue weighted by Crippen LogP contribution is 2.31. The summed E-state index contributed by atoms with van der Waals surface area (Å²) >= 11 is 12.1. The molecular formula is C18H18Cl2N2O2. The normalized spacial score (nSPS) is 11.8. The molecule has 4 nitrogen and oxygen atoms in total. The summed E-state index contributed by atoms with van der Waals surface area (Å²) in [6.45, 7) is 2.63. The third kappa shape index (κ3) is 4.34. The number of halogens is 2. The highest BCUT2D eigenvalue weighted by atomic mass is 35.5. The number of hydrogen-bond donors (Lipinski definition) is 1. The molecule has 0 aliphatic heterocycles. The van der Waals surface area contributed by atoms with Crippen LogP contribution in [0, 0.1) is 0 Å². The van der Waals surface area contributed by atoms with Crippen LogP contribution in [0.1, 0.15) is 47.3 Å². The number of amides is 1. The smallest absolute Gasteiger partial charge is 0.253 e. The third-order valence-electron chi connectivity index (χ3n) is 3.63. The maximum absolute atomic E-state index is 12.4. The van der Waals surface area contributed by atoms with Gasteiger partial charge in [-0.05, 0) is 36.2 Å². The number of carbonyl (C=O) groups is 2. The maximum atomic E-state index is 12.4. The van der Waals surface area contributed by atoms with Crippen LogP contribution in [0.4, 0.5) is 0 Å². The van der Waals surface area contributed by atoms with E-state index in [0.29, 0.717) is 33.4 Å². The van der Waals surface area contributed by atoms with E-state index in [1.54, 1.807) is 36.5 Å². The number of nitrogens with zero attached hydrogens (tertiary/aromatic N) is 1. The highest BCUT2D eigenvalue weighted by molar-refractivity contribution is 6.35. The quantitative estimate of drug-likeness (QED) is 0.590. The minimum Gasteiger partial charge on any atom is -0.352 e. The van der Waals surface area contributed by atoms with Crippen LogP contribution in [0.2, 0.25) is 10.0 Å². The van der Waals surface area contributed by atoms with Gasteiger partial charge in [0.15, 0.2) is 0 Å². The zero-order valence-corrected chi connectivity index (χ0v) is 14.8. The molecule has 1 unspecified atom stereocenters. The van der Waals surface area contributed by atoms with E-state index in [1.807, 2.05) is 6.92 Å². The minimum atomic E-state index is -0.733. The number of benzene rings is 1. The van der Waals surface area contributed by atoms with E-state index in [1.165, 1.54) is 0 Å². The van der Waals surface area contributed by atoms with Gasteiger partial charge in [0.1, 0.15) is 6.29 Å². The van der Waals surface area contributed by atoms with E-state index in [9.17, 15) is 9.59 Å². The van der Waals surface area contributed by atoms with Gasteiger partial charge < -0.3 is 10.1 Å². The van der Waals surface area contributed by atoms with Crippen molar-refractivity contribution in [2.75, 3.05) is 6.54 Å². The molecule has 1 aromatic carbocycles. The lowest BCUT2D eigenvalue weighted by Crippen LogP contribution is -2.26. The van der Waals surface area contributed by atoms with Crippen LogP contribution in [0.5, 0.6) is 0 Å². The molecule has 0 saturated carbocycles. The van der Waals surface area contributed by atoms with E-state index in [2.05, 4.69) is 10.3 Å². The van der Waals surface area contributed by atoms with Gasteiger partial charge in [-0.3, -0.25) is 9.78 Å². The summed E-state index contributed by atoms with van der Waals surface area (Å²) in [7, 11) is 0. The molecule has 6 heteroatoms. The number of pyridine rings is 1. The summed E-state index contributed by atoms with van der Waals surface area (Å²) in [5.41, 5.74) is 1.32. The van der Waals surface area contributed by atoms with Crippen molar-refractivity contribution in [2.45, 2.75) is 25.7 Å². The molecule has 0 saturated heterocycles. The summed E-state index contributed by atoms with van der Waals surface area (Å²) in [5, 5.41) is 3.69. The summed E-state index contributed by atoms with van der Waals surface area (Å²) in [6.07, 6.45) is 4.16. The van der Waals surface area contributed by atoms with Crippen LogP contribution in [0.3, 0.4) is 0 Å². The molecule has 1 heterocycles. The van der Waals surface area contributed by atoms with Crippen LogP contribution >= 0.6 is 23.2 Å². The molecule has 0 spiro atoms. The van der Waals surface area contributed by atoms with E-state index >= 15 is 0 Å². The van der Waals surface area contributed by atoms with Gasteiger partial charge in [0.2, 0.25) is 0 Å². The van der Waals surface area contributed by atoms with Crippen molar-refractivity contribution in [3.05, 3.63) is 63.4 Å². The zero-order chi connectivity index (χ0) is 17.5. The zero-order valence-electron chi connectivity index (χ0n) is 13.3. The molecular weight excluding hydrogens is 347 g/mol. The van der Waals surface area contributed by atoms with Gasteiger partial charge in [0.25, 0.3) is 5.91 Å². The summed E-state index contributed by atoms with van der Waals surface area (Å²) in [6, 6.07) is 8.23. The summed E-state index contributed by atoms with van der Waals surface area (Å²) in [4.78, 5) is 28.4. The molecule has 2 aromatic rings. The van der Waals surface area contributed by atoms with Gasteiger partial charge in [0.05, 0.1) is 17.2 Å². The fourth-order valence-electron chi connectivity index (χ4n) is 2.37. The Labute approximate surface area is 151 Å². The number of aldehydes is 1. The molecule has 0 aliphatic carbocycles. The molecule has 2 rings (SSSR count).